The zero-order valence-electron chi connectivity index (χ0n) is 11.4. The third kappa shape index (κ3) is 3.32. The SMILES string of the molecule is Cc1nc(NCCO)ncc1-c1ccc(F)c(C(N)=O)c1. The fraction of sp³-hybridized carbons (Fsp3) is 0.214. The van der Waals surface area contributed by atoms with E-state index in [-0.39, 0.29) is 12.2 Å². The van der Waals surface area contributed by atoms with Crippen LogP contribution < -0.4 is 11.1 Å². The summed E-state index contributed by atoms with van der Waals surface area (Å²) in [5.74, 6) is -1.09. The topological polar surface area (TPSA) is 101 Å². The normalized spacial score (nSPS) is 10.4. The number of benzene rings is 1. The summed E-state index contributed by atoms with van der Waals surface area (Å²) in [6, 6.07) is 4.10. The number of carbonyl (C=O) groups excluding carboxylic acids is 1. The molecule has 4 N–H and O–H groups in total. The first-order chi connectivity index (χ1) is 10.0. The van der Waals surface area contributed by atoms with Crippen molar-refractivity contribution >= 4 is 11.9 Å². The Bertz CT molecular complexity index is 676. The number of carbonyl (C=O) groups is 1. The fourth-order valence-electron chi connectivity index (χ4n) is 1.88. The van der Waals surface area contributed by atoms with Crippen molar-refractivity contribution in [3.63, 3.8) is 0 Å². The summed E-state index contributed by atoms with van der Waals surface area (Å²) < 4.78 is 13.5. The Hall–Kier alpha value is -2.54. The molecule has 0 saturated carbocycles. The van der Waals surface area contributed by atoms with E-state index in [0.717, 1.165) is 0 Å². The highest BCUT2D eigenvalue weighted by molar-refractivity contribution is 5.94. The van der Waals surface area contributed by atoms with Crippen molar-refractivity contribution in [2.24, 2.45) is 5.73 Å². The minimum absolute atomic E-state index is 0.0237. The Balaban J connectivity index is 2.38. The van der Waals surface area contributed by atoms with Gasteiger partial charge in [0.15, 0.2) is 0 Å². The van der Waals surface area contributed by atoms with Crippen molar-refractivity contribution in [1.82, 2.24) is 9.97 Å². The number of aliphatic hydroxyl groups is 1. The molecule has 0 fully saturated rings. The molecule has 2 aromatic rings. The third-order valence-electron chi connectivity index (χ3n) is 2.92. The van der Waals surface area contributed by atoms with Gasteiger partial charge < -0.3 is 16.2 Å². The van der Waals surface area contributed by atoms with Crippen molar-refractivity contribution in [2.45, 2.75) is 6.92 Å². The smallest absolute Gasteiger partial charge is 0.251 e. The maximum Gasteiger partial charge on any atom is 0.251 e. The van der Waals surface area contributed by atoms with Gasteiger partial charge >= 0.3 is 0 Å². The number of hydrogen-bond acceptors (Lipinski definition) is 5. The molecule has 6 nitrogen and oxygen atoms in total. The maximum absolute atomic E-state index is 13.5. The molecule has 0 radical (unpaired) electrons. The number of nitrogens with zero attached hydrogens (tertiary/aromatic N) is 2. The molecule has 1 amide bonds. The van der Waals surface area contributed by atoms with Gasteiger partial charge in [-0.3, -0.25) is 4.79 Å². The standard InChI is InChI=1S/C14H15FN4O2/c1-8-11(7-18-14(19-8)17-4-5-20)9-2-3-12(15)10(6-9)13(16)21/h2-3,6-7,20H,4-5H2,1H3,(H2,16,21)(H,17,18,19). The van der Waals surface area contributed by atoms with Crippen molar-refractivity contribution in [1.29, 1.82) is 0 Å². The molecule has 0 atom stereocenters. The molecular formula is C14H15FN4O2. The van der Waals surface area contributed by atoms with E-state index in [1.165, 1.54) is 18.2 Å². The molecule has 0 aliphatic heterocycles. The van der Waals surface area contributed by atoms with Gasteiger partial charge in [0, 0.05) is 18.3 Å². The number of amides is 1. The van der Waals surface area contributed by atoms with Gasteiger partial charge in [0.2, 0.25) is 5.95 Å². The minimum atomic E-state index is -0.825. The highest BCUT2D eigenvalue weighted by Crippen LogP contribution is 2.24. The van der Waals surface area contributed by atoms with E-state index in [1.807, 2.05) is 0 Å². The Morgan fingerprint density at radius 3 is 2.86 bits per heavy atom. The van der Waals surface area contributed by atoms with Crippen LogP contribution in [-0.4, -0.2) is 34.1 Å². The van der Waals surface area contributed by atoms with Gasteiger partial charge in [-0.2, -0.15) is 0 Å². The molecule has 0 bridgehead atoms. The van der Waals surface area contributed by atoms with Gasteiger partial charge in [-0.25, -0.2) is 14.4 Å². The van der Waals surface area contributed by atoms with Crippen LogP contribution in [0.5, 0.6) is 0 Å². The van der Waals surface area contributed by atoms with Gasteiger partial charge in [0.05, 0.1) is 17.9 Å². The van der Waals surface area contributed by atoms with Crippen molar-refractivity contribution in [2.75, 3.05) is 18.5 Å². The predicted molar refractivity (Wildman–Crippen MR) is 76.3 cm³/mol. The lowest BCUT2D eigenvalue weighted by molar-refractivity contribution is 0.0996. The molecule has 0 aliphatic rings. The van der Waals surface area contributed by atoms with Gasteiger partial charge in [0.25, 0.3) is 5.91 Å². The predicted octanol–water partition coefficient (Wildman–Crippen LogP) is 1.09. The Kier molecular flexibility index (Phi) is 4.44. The molecule has 1 aromatic heterocycles. The minimum Gasteiger partial charge on any atom is -0.395 e. The van der Waals surface area contributed by atoms with E-state index in [9.17, 15) is 9.18 Å². The molecule has 1 aromatic carbocycles. The van der Waals surface area contributed by atoms with Crippen LogP contribution in [0.25, 0.3) is 11.1 Å². The van der Waals surface area contributed by atoms with Crippen LogP contribution in [0.4, 0.5) is 10.3 Å². The van der Waals surface area contributed by atoms with E-state index in [4.69, 9.17) is 10.8 Å². The summed E-state index contributed by atoms with van der Waals surface area (Å²) in [6.07, 6.45) is 1.57. The highest BCUT2D eigenvalue weighted by Gasteiger charge is 2.12. The van der Waals surface area contributed by atoms with Gasteiger partial charge in [-0.15, -0.1) is 0 Å². The lowest BCUT2D eigenvalue weighted by Gasteiger charge is -2.09. The van der Waals surface area contributed by atoms with Crippen LogP contribution in [0.2, 0.25) is 0 Å². The molecular weight excluding hydrogens is 275 g/mol. The summed E-state index contributed by atoms with van der Waals surface area (Å²) >= 11 is 0. The lowest BCUT2D eigenvalue weighted by atomic mass is 10.0. The quantitative estimate of drug-likeness (QED) is 0.765. The van der Waals surface area contributed by atoms with Crippen LogP contribution >= 0.6 is 0 Å². The second-order valence-electron chi connectivity index (χ2n) is 4.40. The number of rotatable bonds is 5. The van der Waals surface area contributed by atoms with Crippen molar-refractivity contribution in [3.8, 4) is 11.1 Å². The van der Waals surface area contributed by atoms with Crippen LogP contribution in [0.15, 0.2) is 24.4 Å². The monoisotopic (exact) mass is 290 g/mol. The molecule has 0 aliphatic carbocycles. The molecule has 110 valence electrons. The molecule has 7 heteroatoms. The van der Waals surface area contributed by atoms with E-state index >= 15 is 0 Å². The molecule has 21 heavy (non-hydrogen) atoms. The number of nitrogens with two attached hydrogens (primary N) is 1. The second-order valence-corrected chi connectivity index (χ2v) is 4.40. The number of aryl methyl sites for hydroxylation is 1. The summed E-state index contributed by atoms with van der Waals surface area (Å²) in [5, 5.41) is 11.6. The first-order valence-corrected chi connectivity index (χ1v) is 6.31. The van der Waals surface area contributed by atoms with E-state index < -0.39 is 11.7 Å². The lowest BCUT2D eigenvalue weighted by Crippen LogP contribution is -2.13. The van der Waals surface area contributed by atoms with E-state index in [1.54, 1.807) is 13.1 Å². The second kappa shape index (κ2) is 6.27. The fourth-order valence-corrected chi connectivity index (χ4v) is 1.88. The Morgan fingerprint density at radius 2 is 2.24 bits per heavy atom. The van der Waals surface area contributed by atoms with E-state index in [0.29, 0.717) is 29.3 Å². The molecule has 2 rings (SSSR count). The van der Waals surface area contributed by atoms with Crippen molar-refractivity contribution < 1.29 is 14.3 Å². The summed E-state index contributed by atoms with van der Waals surface area (Å²) in [4.78, 5) is 19.5. The van der Waals surface area contributed by atoms with Gasteiger partial charge in [-0.05, 0) is 24.6 Å². The Labute approximate surface area is 120 Å². The van der Waals surface area contributed by atoms with Crippen LogP contribution in [0, 0.1) is 12.7 Å². The van der Waals surface area contributed by atoms with Gasteiger partial charge in [0.1, 0.15) is 5.82 Å². The number of halogens is 1. The highest BCUT2D eigenvalue weighted by atomic mass is 19.1. The van der Waals surface area contributed by atoms with Crippen LogP contribution in [0.3, 0.4) is 0 Å². The number of nitrogens with one attached hydrogen (secondary N) is 1. The average molecular weight is 290 g/mol. The number of aromatic nitrogens is 2. The first kappa shape index (κ1) is 14.9. The molecule has 0 spiro atoms. The number of primary amides is 1. The third-order valence-corrected chi connectivity index (χ3v) is 2.92. The van der Waals surface area contributed by atoms with Gasteiger partial charge in [-0.1, -0.05) is 6.07 Å². The first-order valence-electron chi connectivity index (χ1n) is 6.31. The zero-order chi connectivity index (χ0) is 15.4. The molecule has 0 unspecified atom stereocenters. The average Bonchev–Trinajstić information content (AvgIpc) is 2.46. The summed E-state index contributed by atoms with van der Waals surface area (Å²) in [6.45, 7) is 2.10. The largest absolute Gasteiger partial charge is 0.395 e. The van der Waals surface area contributed by atoms with Crippen molar-refractivity contribution in [3.05, 3.63) is 41.5 Å². The van der Waals surface area contributed by atoms with Crippen LogP contribution in [-0.2, 0) is 0 Å². The molecule has 0 saturated heterocycles. The number of hydrogen-bond donors (Lipinski definition) is 3. The van der Waals surface area contributed by atoms with E-state index in [2.05, 4.69) is 15.3 Å². The van der Waals surface area contributed by atoms with Crippen LogP contribution in [0.1, 0.15) is 16.1 Å². The summed E-state index contributed by atoms with van der Waals surface area (Å²) in [5.41, 5.74) is 6.90. The number of anilines is 1. The Morgan fingerprint density at radius 1 is 1.48 bits per heavy atom. The molecule has 1 heterocycles. The number of aliphatic hydroxyl groups excluding tert-OH is 1. The summed E-state index contributed by atoms with van der Waals surface area (Å²) in [7, 11) is 0. The maximum atomic E-state index is 13.5. The zero-order valence-corrected chi connectivity index (χ0v) is 11.4.